The van der Waals surface area contributed by atoms with E-state index in [1.54, 1.807) is 4.52 Å². The summed E-state index contributed by atoms with van der Waals surface area (Å²) in [4.78, 5) is 11.8. The van der Waals surface area contributed by atoms with Gasteiger partial charge in [-0.15, -0.1) is 11.6 Å². The molecule has 0 amide bonds. The van der Waals surface area contributed by atoms with Crippen molar-refractivity contribution in [3.05, 3.63) is 35.7 Å². The maximum Gasteiger partial charge on any atom is 0.181 e. The SMILES string of the molecule is CC(C)c1nn2ccccc2c1C(=O)CCl. The van der Waals surface area contributed by atoms with Gasteiger partial charge in [0.05, 0.1) is 22.7 Å². The summed E-state index contributed by atoms with van der Waals surface area (Å²) in [5, 5.41) is 4.42. The Bertz CT molecular complexity index is 531. The van der Waals surface area contributed by atoms with Gasteiger partial charge in [0, 0.05) is 6.20 Å². The van der Waals surface area contributed by atoms with E-state index in [0.29, 0.717) is 5.56 Å². The number of hydrogen-bond acceptors (Lipinski definition) is 2. The Balaban J connectivity index is 2.74. The third kappa shape index (κ3) is 1.71. The Kier molecular flexibility index (Phi) is 2.97. The van der Waals surface area contributed by atoms with Crippen LogP contribution in [0.1, 0.15) is 35.8 Å². The van der Waals surface area contributed by atoms with E-state index in [-0.39, 0.29) is 17.6 Å². The fourth-order valence-corrected chi connectivity index (χ4v) is 1.91. The fourth-order valence-electron chi connectivity index (χ4n) is 1.77. The van der Waals surface area contributed by atoms with Gasteiger partial charge in [-0.2, -0.15) is 5.10 Å². The third-order valence-electron chi connectivity index (χ3n) is 2.51. The van der Waals surface area contributed by atoms with Crippen LogP contribution in [0.15, 0.2) is 24.4 Å². The topological polar surface area (TPSA) is 34.4 Å². The molecular formula is C12H13ClN2O. The predicted molar refractivity (Wildman–Crippen MR) is 64.3 cm³/mol. The van der Waals surface area contributed by atoms with E-state index in [0.717, 1.165) is 11.2 Å². The number of Topliss-reactive ketones (excluding diaryl/α,β-unsaturated/α-hetero) is 1. The molecule has 0 unspecified atom stereocenters. The first-order valence-electron chi connectivity index (χ1n) is 5.21. The summed E-state index contributed by atoms with van der Waals surface area (Å²) < 4.78 is 1.73. The van der Waals surface area contributed by atoms with Gasteiger partial charge in [-0.1, -0.05) is 19.9 Å². The summed E-state index contributed by atoms with van der Waals surface area (Å²) in [5.41, 5.74) is 2.30. The number of alkyl halides is 1. The second-order valence-corrected chi connectivity index (χ2v) is 4.27. The monoisotopic (exact) mass is 236 g/mol. The summed E-state index contributed by atoms with van der Waals surface area (Å²) in [5.74, 6) is 0.143. The van der Waals surface area contributed by atoms with Crippen LogP contribution in [0.2, 0.25) is 0 Å². The van der Waals surface area contributed by atoms with E-state index in [1.807, 2.05) is 38.2 Å². The molecule has 2 heterocycles. The molecule has 2 aromatic heterocycles. The Labute approximate surface area is 99.0 Å². The molecule has 2 aromatic rings. The van der Waals surface area contributed by atoms with Crippen molar-refractivity contribution in [3.8, 4) is 0 Å². The summed E-state index contributed by atoms with van der Waals surface area (Å²) in [6.07, 6.45) is 1.84. The number of rotatable bonds is 3. The lowest BCUT2D eigenvalue weighted by Gasteiger charge is -2.02. The number of ketones is 1. The Morgan fingerprint density at radius 3 is 2.88 bits per heavy atom. The van der Waals surface area contributed by atoms with Gasteiger partial charge in [0.2, 0.25) is 0 Å². The van der Waals surface area contributed by atoms with Crippen molar-refractivity contribution in [2.45, 2.75) is 19.8 Å². The fraction of sp³-hybridized carbons (Fsp3) is 0.333. The molecule has 0 aliphatic heterocycles. The van der Waals surface area contributed by atoms with E-state index in [9.17, 15) is 4.79 Å². The summed E-state index contributed by atoms with van der Waals surface area (Å²) >= 11 is 5.63. The minimum absolute atomic E-state index is 0.00400. The molecule has 0 aliphatic carbocycles. The quantitative estimate of drug-likeness (QED) is 0.607. The molecule has 2 rings (SSSR count). The molecule has 0 aliphatic rings. The van der Waals surface area contributed by atoms with Gasteiger partial charge < -0.3 is 0 Å². The molecular weight excluding hydrogens is 224 g/mol. The molecule has 4 heteroatoms. The molecule has 0 saturated heterocycles. The van der Waals surface area contributed by atoms with Crippen LogP contribution in [-0.2, 0) is 0 Å². The first-order chi connectivity index (χ1) is 7.65. The maximum atomic E-state index is 11.8. The smallest absolute Gasteiger partial charge is 0.181 e. The average molecular weight is 237 g/mol. The van der Waals surface area contributed by atoms with E-state index < -0.39 is 0 Å². The highest BCUT2D eigenvalue weighted by Crippen LogP contribution is 2.23. The highest BCUT2D eigenvalue weighted by atomic mass is 35.5. The zero-order valence-electron chi connectivity index (χ0n) is 9.27. The average Bonchev–Trinajstić information content (AvgIpc) is 2.67. The van der Waals surface area contributed by atoms with Crippen molar-refractivity contribution in [2.75, 3.05) is 5.88 Å². The van der Waals surface area contributed by atoms with E-state index in [1.165, 1.54) is 0 Å². The second kappa shape index (κ2) is 4.26. The lowest BCUT2D eigenvalue weighted by molar-refractivity contribution is 0.102. The van der Waals surface area contributed by atoms with Crippen LogP contribution in [0, 0.1) is 0 Å². The van der Waals surface area contributed by atoms with Crippen LogP contribution < -0.4 is 0 Å². The van der Waals surface area contributed by atoms with E-state index >= 15 is 0 Å². The van der Waals surface area contributed by atoms with Gasteiger partial charge in [0.15, 0.2) is 5.78 Å². The summed E-state index contributed by atoms with van der Waals surface area (Å²) in [6.45, 7) is 4.04. The van der Waals surface area contributed by atoms with Gasteiger partial charge in [-0.05, 0) is 18.1 Å². The molecule has 16 heavy (non-hydrogen) atoms. The lowest BCUT2D eigenvalue weighted by Crippen LogP contribution is -2.04. The first kappa shape index (κ1) is 11.1. The van der Waals surface area contributed by atoms with Gasteiger partial charge in [0.25, 0.3) is 0 Å². The van der Waals surface area contributed by atoms with Crippen LogP contribution in [0.25, 0.3) is 5.52 Å². The predicted octanol–water partition coefficient (Wildman–Crippen LogP) is 2.88. The van der Waals surface area contributed by atoms with Crippen molar-refractivity contribution in [1.82, 2.24) is 9.61 Å². The third-order valence-corrected chi connectivity index (χ3v) is 2.76. The van der Waals surface area contributed by atoms with Crippen LogP contribution >= 0.6 is 11.6 Å². The van der Waals surface area contributed by atoms with Crippen molar-refractivity contribution in [2.24, 2.45) is 0 Å². The number of carbonyl (C=O) groups excluding carboxylic acids is 1. The van der Waals surface area contributed by atoms with Crippen LogP contribution in [0.4, 0.5) is 0 Å². The number of carbonyl (C=O) groups is 1. The molecule has 0 spiro atoms. The zero-order valence-corrected chi connectivity index (χ0v) is 10.0. The number of aromatic nitrogens is 2. The van der Waals surface area contributed by atoms with E-state index in [2.05, 4.69) is 5.10 Å². The molecule has 0 radical (unpaired) electrons. The van der Waals surface area contributed by atoms with Crippen LogP contribution in [0.3, 0.4) is 0 Å². The molecule has 3 nitrogen and oxygen atoms in total. The standard InChI is InChI=1S/C12H13ClN2O/c1-8(2)12-11(10(16)7-13)9-5-3-4-6-15(9)14-12/h3-6,8H,7H2,1-2H3. The van der Waals surface area contributed by atoms with Crippen molar-refractivity contribution in [3.63, 3.8) is 0 Å². The van der Waals surface area contributed by atoms with Gasteiger partial charge in [-0.3, -0.25) is 4.79 Å². The molecule has 0 saturated carbocycles. The molecule has 0 fully saturated rings. The van der Waals surface area contributed by atoms with Crippen molar-refractivity contribution >= 4 is 22.9 Å². The molecule has 0 N–H and O–H groups in total. The number of hydrogen-bond donors (Lipinski definition) is 0. The van der Waals surface area contributed by atoms with Gasteiger partial charge in [-0.25, -0.2) is 4.52 Å². The molecule has 0 aromatic carbocycles. The van der Waals surface area contributed by atoms with Gasteiger partial charge in [0.1, 0.15) is 0 Å². The largest absolute Gasteiger partial charge is 0.293 e. The minimum Gasteiger partial charge on any atom is -0.293 e. The Morgan fingerprint density at radius 1 is 1.50 bits per heavy atom. The number of halogens is 1. The zero-order chi connectivity index (χ0) is 11.7. The minimum atomic E-state index is -0.0634. The number of fused-ring (bicyclic) bond motifs is 1. The maximum absolute atomic E-state index is 11.8. The Morgan fingerprint density at radius 2 is 2.25 bits per heavy atom. The van der Waals surface area contributed by atoms with Crippen molar-refractivity contribution in [1.29, 1.82) is 0 Å². The highest BCUT2D eigenvalue weighted by molar-refractivity contribution is 6.31. The van der Waals surface area contributed by atoms with Gasteiger partial charge >= 0.3 is 0 Å². The highest BCUT2D eigenvalue weighted by Gasteiger charge is 2.20. The second-order valence-electron chi connectivity index (χ2n) is 4.00. The summed E-state index contributed by atoms with van der Waals surface area (Å²) in [7, 11) is 0. The molecule has 0 bridgehead atoms. The molecule has 84 valence electrons. The van der Waals surface area contributed by atoms with E-state index in [4.69, 9.17) is 11.6 Å². The Hall–Kier alpha value is -1.35. The first-order valence-corrected chi connectivity index (χ1v) is 5.75. The summed E-state index contributed by atoms with van der Waals surface area (Å²) in [6, 6.07) is 5.67. The van der Waals surface area contributed by atoms with Crippen LogP contribution in [-0.4, -0.2) is 21.3 Å². The molecule has 0 atom stereocenters. The number of nitrogens with zero attached hydrogens (tertiary/aromatic N) is 2. The van der Waals surface area contributed by atoms with Crippen LogP contribution in [0.5, 0.6) is 0 Å². The normalized spacial score (nSPS) is 11.2. The lowest BCUT2D eigenvalue weighted by atomic mass is 10.0. The number of pyridine rings is 1. The van der Waals surface area contributed by atoms with Crippen molar-refractivity contribution < 1.29 is 4.79 Å².